The first kappa shape index (κ1) is 13.5. The lowest BCUT2D eigenvalue weighted by atomic mass is 10.1. The van der Waals surface area contributed by atoms with E-state index in [2.05, 4.69) is 10.3 Å². The summed E-state index contributed by atoms with van der Waals surface area (Å²) in [6.45, 7) is 1.47. The van der Waals surface area contributed by atoms with Crippen LogP contribution in [0.2, 0.25) is 0 Å². The first-order valence-electron chi connectivity index (χ1n) is 5.71. The molecule has 1 aromatic heterocycles. The van der Waals surface area contributed by atoms with Gasteiger partial charge in [-0.05, 0) is 19.1 Å². The highest BCUT2D eigenvalue weighted by molar-refractivity contribution is 6.04. The number of aromatic amines is 1. The van der Waals surface area contributed by atoms with Crippen LogP contribution in [0, 0.1) is 24.1 Å². The van der Waals surface area contributed by atoms with Gasteiger partial charge in [-0.1, -0.05) is 0 Å². The van der Waals surface area contributed by atoms with Gasteiger partial charge < -0.3 is 10.3 Å². The Morgan fingerprint density at radius 1 is 1.45 bits per heavy atom. The first-order valence-corrected chi connectivity index (χ1v) is 5.71. The summed E-state index contributed by atoms with van der Waals surface area (Å²) in [7, 11) is 0. The average molecular weight is 271 g/mol. The van der Waals surface area contributed by atoms with Crippen LogP contribution in [0.25, 0.3) is 0 Å². The molecule has 1 amide bonds. The SMILES string of the molecule is Cc1c(F)cc(C#N)cc1NC(=O)c1c[nH]ccc1=O. The van der Waals surface area contributed by atoms with E-state index in [4.69, 9.17) is 5.26 Å². The number of hydrogen-bond donors (Lipinski definition) is 2. The van der Waals surface area contributed by atoms with Crippen molar-refractivity contribution in [2.75, 3.05) is 5.32 Å². The number of aromatic nitrogens is 1. The fourth-order valence-electron chi connectivity index (χ4n) is 1.66. The van der Waals surface area contributed by atoms with Gasteiger partial charge in [0.2, 0.25) is 0 Å². The Hall–Kier alpha value is -2.94. The predicted molar refractivity (Wildman–Crippen MR) is 70.9 cm³/mol. The van der Waals surface area contributed by atoms with E-state index in [0.717, 1.165) is 6.07 Å². The lowest BCUT2D eigenvalue weighted by Crippen LogP contribution is -2.21. The quantitative estimate of drug-likeness (QED) is 0.875. The van der Waals surface area contributed by atoms with E-state index in [-0.39, 0.29) is 22.4 Å². The molecule has 0 bridgehead atoms. The molecular weight excluding hydrogens is 261 g/mol. The van der Waals surface area contributed by atoms with Crippen LogP contribution in [0.15, 0.2) is 35.4 Å². The molecule has 1 aromatic carbocycles. The zero-order chi connectivity index (χ0) is 14.7. The summed E-state index contributed by atoms with van der Waals surface area (Å²) in [6.07, 6.45) is 2.66. The zero-order valence-corrected chi connectivity index (χ0v) is 10.5. The van der Waals surface area contributed by atoms with Crippen molar-refractivity contribution in [2.45, 2.75) is 6.92 Å². The molecule has 0 fully saturated rings. The number of rotatable bonds is 2. The van der Waals surface area contributed by atoms with Crippen molar-refractivity contribution in [2.24, 2.45) is 0 Å². The zero-order valence-electron chi connectivity index (χ0n) is 10.5. The largest absolute Gasteiger partial charge is 0.367 e. The minimum atomic E-state index is -0.663. The summed E-state index contributed by atoms with van der Waals surface area (Å²) in [5.74, 6) is -1.26. The number of carbonyl (C=O) groups excluding carboxylic acids is 1. The molecule has 0 aliphatic carbocycles. The Balaban J connectivity index is 2.38. The summed E-state index contributed by atoms with van der Waals surface area (Å²) in [5, 5.41) is 11.2. The molecule has 2 N–H and O–H groups in total. The molecule has 2 rings (SSSR count). The number of halogens is 1. The van der Waals surface area contributed by atoms with E-state index in [1.54, 1.807) is 6.07 Å². The normalized spacial score (nSPS) is 9.85. The molecule has 0 radical (unpaired) electrons. The van der Waals surface area contributed by atoms with Gasteiger partial charge in [0, 0.05) is 29.7 Å². The third-order valence-corrected chi connectivity index (χ3v) is 2.79. The average Bonchev–Trinajstić information content (AvgIpc) is 2.43. The maximum Gasteiger partial charge on any atom is 0.261 e. The Morgan fingerprint density at radius 2 is 2.20 bits per heavy atom. The molecule has 5 nitrogen and oxygen atoms in total. The molecule has 0 atom stereocenters. The van der Waals surface area contributed by atoms with Crippen molar-refractivity contribution in [1.29, 1.82) is 5.26 Å². The molecule has 6 heteroatoms. The van der Waals surface area contributed by atoms with Crippen LogP contribution in [0.3, 0.4) is 0 Å². The van der Waals surface area contributed by atoms with Crippen LogP contribution < -0.4 is 10.7 Å². The fraction of sp³-hybridized carbons (Fsp3) is 0.0714. The minimum absolute atomic E-state index is 0.0883. The number of nitrogens with zero attached hydrogens (tertiary/aromatic N) is 1. The van der Waals surface area contributed by atoms with Crippen LogP contribution in [-0.2, 0) is 0 Å². The Kier molecular flexibility index (Phi) is 3.62. The van der Waals surface area contributed by atoms with Crippen molar-refractivity contribution < 1.29 is 9.18 Å². The number of benzene rings is 1. The molecule has 0 aliphatic heterocycles. The van der Waals surface area contributed by atoms with Gasteiger partial charge in [-0.2, -0.15) is 5.26 Å². The maximum absolute atomic E-state index is 13.6. The minimum Gasteiger partial charge on any atom is -0.367 e. The molecule has 100 valence electrons. The lowest BCUT2D eigenvalue weighted by molar-refractivity contribution is 0.102. The smallest absolute Gasteiger partial charge is 0.261 e. The number of hydrogen-bond acceptors (Lipinski definition) is 3. The summed E-state index contributed by atoms with van der Waals surface area (Å²) in [6, 6.07) is 5.46. The monoisotopic (exact) mass is 271 g/mol. The molecule has 0 spiro atoms. The second-order valence-corrected chi connectivity index (χ2v) is 4.12. The summed E-state index contributed by atoms with van der Waals surface area (Å²) in [5.41, 5.74) is -0.0876. The molecule has 0 saturated heterocycles. The number of carbonyl (C=O) groups is 1. The van der Waals surface area contributed by atoms with E-state index in [9.17, 15) is 14.0 Å². The number of pyridine rings is 1. The highest BCUT2D eigenvalue weighted by atomic mass is 19.1. The van der Waals surface area contributed by atoms with Crippen LogP contribution in [0.4, 0.5) is 10.1 Å². The highest BCUT2D eigenvalue weighted by Gasteiger charge is 2.13. The van der Waals surface area contributed by atoms with Crippen LogP contribution in [0.5, 0.6) is 0 Å². The van der Waals surface area contributed by atoms with Crippen molar-refractivity contribution in [1.82, 2.24) is 4.98 Å². The predicted octanol–water partition coefficient (Wildman–Crippen LogP) is 1.95. The number of nitriles is 1. The summed E-state index contributed by atoms with van der Waals surface area (Å²) >= 11 is 0. The van der Waals surface area contributed by atoms with Gasteiger partial charge in [0.25, 0.3) is 5.91 Å². The van der Waals surface area contributed by atoms with E-state index in [1.807, 2.05) is 0 Å². The Labute approximate surface area is 113 Å². The Bertz CT molecular complexity index is 775. The van der Waals surface area contributed by atoms with Gasteiger partial charge in [0.1, 0.15) is 11.4 Å². The van der Waals surface area contributed by atoms with Crippen molar-refractivity contribution in [3.8, 4) is 6.07 Å². The number of nitrogens with one attached hydrogen (secondary N) is 2. The second-order valence-electron chi connectivity index (χ2n) is 4.12. The van der Waals surface area contributed by atoms with Gasteiger partial charge >= 0.3 is 0 Å². The third kappa shape index (κ3) is 2.57. The van der Waals surface area contributed by atoms with E-state index < -0.39 is 17.2 Å². The molecule has 0 saturated carbocycles. The molecule has 1 heterocycles. The van der Waals surface area contributed by atoms with Crippen LogP contribution in [-0.4, -0.2) is 10.9 Å². The summed E-state index contributed by atoms with van der Waals surface area (Å²) < 4.78 is 13.6. The standard InChI is InChI=1S/C14H10FN3O2/c1-8-11(15)4-9(6-16)5-12(8)18-14(20)10-7-17-3-2-13(10)19/h2-5,7H,1H3,(H,17,19)(H,18,20). The first-order chi connectivity index (χ1) is 9.52. The van der Waals surface area contributed by atoms with E-state index >= 15 is 0 Å². The number of amides is 1. The molecule has 2 aromatic rings. The van der Waals surface area contributed by atoms with Gasteiger partial charge in [-0.3, -0.25) is 9.59 Å². The van der Waals surface area contributed by atoms with Gasteiger partial charge in [0.15, 0.2) is 5.43 Å². The van der Waals surface area contributed by atoms with Crippen LogP contribution >= 0.6 is 0 Å². The maximum atomic E-state index is 13.6. The van der Waals surface area contributed by atoms with Gasteiger partial charge in [-0.25, -0.2) is 4.39 Å². The molecule has 0 aliphatic rings. The van der Waals surface area contributed by atoms with Crippen LogP contribution in [0.1, 0.15) is 21.5 Å². The third-order valence-electron chi connectivity index (χ3n) is 2.79. The van der Waals surface area contributed by atoms with Crippen molar-refractivity contribution in [3.05, 3.63) is 63.3 Å². The molecular formula is C14H10FN3O2. The van der Waals surface area contributed by atoms with Gasteiger partial charge in [0.05, 0.1) is 11.6 Å². The second kappa shape index (κ2) is 5.36. The molecule has 0 unspecified atom stereocenters. The van der Waals surface area contributed by atoms with Crippen molar-refractivity contribution in [3.63, 3.8) is 0 Å². The van der Waals surface area contributed by atoms with Crippen molar-refractivity contribution >= 4 is 11.6 Å². The fourth-order valence-corrected chi connectivity index (χ4v) is 1.66. The van der Waals surface area contributed by atoms with Gasteiger partial charge in [-0.15, -0.1) is 0 Å². The lowest BCUT2D eigenvalue weighted by Gasteiger charge is -2.09. The topological polar surface area (TPSA) is 85.8 Å². The number of anilines is 1. The highest BCUT2D eigenvalue weighted by Crippen LogP contribution is 2.20. The van der Waals surface area contributed by atoms with E-state index in [0.29, 0.717) is 0 Å². The van der Waals surface area contributed by atoms with E-state index in [1.165, 1.54) is 31.5 Å². The molecule has 20 heavy (non-hydrogen) atoms. The summed E-state index contributed by atoms with van der Waals surface area (Å²) in [4.78, 5) is 26.1. The Morgan fingerprint density at radius 3 is 2.85 bits per heavy atom. The number of H-pyrrole nitrogens is 1.